The summed E-state index contributed by atoms with van der Waals surface area (Å²) in [5.74, 6) is -0.366. The maximum Gasteiger partial charge on any atom is 0.294 e. The Hall–Kier alpha value is -3.25. The average molecular weight is 558 g/mol. The van der Waals surface area contributed by atoms with Gasteiger partial charge in [-0.15, -0.1) is 0 Å². The van der Waals surface area contributed by atoms with Gasteiger partial charge in [-0.1, -0.05) is 11.6 Å². The fraction of sp³-hybridized carbons (Fsp3) is 0.481. The number of pyridine rings is 2. The zero-order valence-electron chi connectivity index (χ0n) is 21.8. The van der Waals surface area contributed by atoms with Crippen LogP contribution in [-0.4, -0.2) is 79.4 Å². The van der Waals surface area contributed by atoms with Crippen molar-refractivity contribution in [3.63, 3.8) is 0 Å². The lowest BCUT2D eigenvalue weighted by Crippen LogP contribution is -2.45. The van der Waals surface area contributed by atoms with Gasteiger partial charge in [0.25, 0.3) is 5.91 Å². The second-order valence-corrected chi connectivity index (χ2v) is 10.0. The number of amides is 2. The van der Waals surface area contributed by atoms with E-state index in [4.69, 9.17) is 30.2 Å². The van der Waals surface area contributed by atoms with Crippen LogP contribution >= 0.6 is 11.6 Å². The van der Waals surface area contributed by atoms with E-state index in [1.54, 1.807) is 31.4 Å². The molecule has 0 unspecified atom stereocenters. The van der Waals surface area contributed by atoms with E-state index in [0.717, 1.165) is 52.0 Å². The predicted octanol–water partition coefficient (Wildman–Crippen LogP) is 3.98. The number of carbonyl (C=O) groups is 2. The first-order chi connectivity index (χ1) is 19.0. The first-order valence-electron chi connectivity index (χ1n) is 13.1. The number of furan rings is 1. The summed E-state index contributed by atoms with van der Waals surface area (Å²) in [5, 5.41) is 6.09. The molecule has 12 heteroatoms. The molecule has 0 atom stereocenters. The molecule has 2 amide bonds. The van der Waals surface area contributed by atoms with Gasteiger partial charge in [-0.05, 0) is 43.9 Å². The van der Waals surface area contributed by atoms with Crippen molar-refractivity contribution >= 4 is 46.0 Å². The van der Waals surface area contributed by atoms with E-state index in [0.29, 0.717) is 47.1 Å². The van der Waals surface area contributed by atoms with Crippen LogP contribution < -0.4 is 15.4 Å². The molecule has 4 heterocycles. The molecule has 0 bridgehead atoms. The van der Waals surface area contributed by atoms with E-state index in [2.05, 4.69) is 25.5 Å². The van der Waals surface area contributed by atoms with Crippen LogP contribution in [0.2, 0.25) is 5.02 Å². The van der Waals surface area contributed by atoms with Gasteiger partial charge < -0.3 is 29.3 Å². The number of hydrogen-bond donors (Lipinski definition) is 2. The molecule has 5 rings (SSSR count). The highest BCUT2D eigenvalue weighted by Crippen LogP contribution is 2.34. The van der Waals surface area contributed by atoms with Gasteiger partial charge in [0.15, 0.2) is 5.58 Å². The van der Waals surface area contributed by atoms with Crippen LogP contribution in [0.15, 0.2) is 34.9 Å². The van der Waals surface area contributed by atoms with E-state index in [1.165, 1.54) is 6.20 Å². The molecule has 3 aromatic rings. The molecule has 208 valence electrons. The Balaban J connectivity index is 1.35. The average Bonchev–Trinajstić information content (AvgIpc) is 3.32. The normalized spacial score (nSPS) is 20.1. The van der Waals surface area contributed by atoms with Crippen LogP contribution in [0.25, 0.3) is 11.1 Å². The number of nitrogens with zero attached hydrogens (tertiary/aromatic N) is 3. The zero-order chi connectivity index (χ0) is 27.2. The largest absolute Gasteiger partial charge is 0.475 e. The van der Waals surface area contributed by atoms with Crippen molar-refractivity contribution in [2.75, 3.05) is 57.3 Å². The number of methoxy groups -OCH3 is 1. The number of fused-ring (bicyclic) bond motifs is 1. The lowest BCUT2D eigenvalue weighted by Gasteiger charge is -2.38. The molecule has 0 spiro atoms. The minimum absolute atomic E-state index is 0.0707. The Labute approximate surface area is 231 Å². The van der Waals surface area contributed by atoms with Crippen LogP contribution in [0.3, 0.4) is 0 Å². The fourth-order valence-corrected chi connectivity index (χ4v) is 5.15. The number of hydrogen-bond acceptors (Lipinski definition) is 9. The Morgan fingerprint density at radius 3 is 2.59 bits per heavy atom. The number of carbonyl (C=O) groups excluding carboxylic acids is 2. The minimum Gasteiger partial charge on any atom is -0.475 e. The first kappa shape index (κ1) is 27.3. The molecule has 0 aromatic carbocycles. The van der Waals surface area contributed by atoms with Gasteiger partial charge in [0.05, 0.1) is 24.8 Å². The Morgan fingerprint density at radius 1 is 1.08 bits per heavy atom. The van der Waals surface area contributed by atoms with E-state index in [-0.39, 0.29) is 23.3 Å². The van der Waals surface area contributed by atoms with Crippen LogP contribution in [0, 0.1) is 5.92 Å². The first-order valence-corrected chi connectivity index (χ1v) is 13.5. The number of ether oxygens (including phenoxy) is 3. The standard InChI is InChI=1S/C27H32ClN5O6/c1-36-14-15-38-22-9-7-20-23(31-22)24(25(39-20)27(35)30-21-8-4-18(28)16-29-21)32-26(34)17-2-5-19(6-3-17)33-10-12-37-13-11-33/h4,7-9,16-17,19H,2-3,5-6,10-15H2,1H3,(H,32,34)(H,29,30,35)/t17-,19-. The van der Waals surface area contributed by atoms with Crippen molar-refractivity contribution in [2.24, 2.45) is 5.92 Å². The van der Waals surface area contributed by atoms with Crippen LogP contribution in [-0.2, 0) is 14.3 Å². The zero-order valence-corrected chi connectivity index (χ0v) is 22.5. The van der Waals surface area contributed by atoms with Crippen molar-refractivity contribution in [3.8, 4) is 5.88 Å². The van der Waals surface area contributed by atoms with Crippen LogP contribution in [0.4, 0.5) is 11.5 Å². The fourth-order valence-electron chi connectivity index (χ4n) is 5.04. The molecule has 2 N–H and O–H groups in total. The molecular weight excluding hydrogens is 526 g/mol. The Morgan fingerprint density at radius 2 is 1.87 bits per heavy atom. The Bertz CT molecular complexity index is 1290. The number of morpholine rings is 1. The van der Waals surface area contributed by atoms with E-state index < -0.39 is 5.91 Å². The van der Waals surface area contributed by atoms with Crippen molar-refractivity contribution in [1.29, 1.82) is 0 Å². The highest BCUT2D eigenvalue weighted by atomic mass is 35.5. The number of nitrogens with one attached hydrogen (secondary N) is 2. The third-order valence-corrected chi connectivity index (χ3v) is 7.32. The van der Waals surface area contributed by atoms with Crippen LogP contribution in [0.1, 0.15) is 36.2 Å². The van der Waals surface area contributed by atoms with Gasteiger partial charge >= 0.3 is 0 Å². The van der Waals surface area contributed by atoms with Gasteiger partial charge in [-0.3, -0.25) is 14.5 Å². The second kappa shape index (κ2) is 12.7. The lowest BCUT2D eigenvalue weighted by atomic mass is 9.84. The summed E-state index contributed by atoms with van der Waals surface area (Å²) in [6.07, 6.45) is 4.83. The third-order valence-electron chi connectivity index (χ3n) is 7.10. The summed E-state index contributed by atoms with van der Waals surface area (Å²) in [6.45, 7) is 4.08. The van der Waals surface area contributed by atoms with Gasteiger partial charge in [-0.2, -0.15) is 0 Å². The van der Waals surface area contributed by atoms with Crippen molar-refractivity contribution in [1.82, 2.24) is 14.9 Å². The highest BCUT2D eigenvalue weighted by Gasteiger charge is 2.32. The monoisotopic (exact) mass is 557 g/mol. The molecule has 0 radical (unpaired) electrons. The molecule has 11 nitrogen and oxygen atoms in total. The molecular formula is C27H32ClN5O6. The highest BCUT2D eigenvalue weighted by molar-refractivity contribution is 6.30. The van der Waals surface area contributed by atoms with Crippen molar-refractivity contribution in [3.05, 3.63) is 41.2 Å². The third kappa shape index (κ3) is 6.67. The number of anilines is 2. The van der Waals surface area contributed by atoms with E-state index >= 15 is 0 Å². The number of halogens is 1. The summed E-state index contributed by atoms with van der Waals surface area (Å²) >= 11 is 5.91. The van der Waals surface area contributed by atoms with E-state index in [1.807, 2.05) is 0 Å². The van der Waals surface area contributed by atoms with Crippen LogP contribution in [0.5, 0.6) is 5.88 Å². The molecule has 1 saturated carbocycles. The quantitative estimate of drug-likeness (QED) is 0.375. The molecule has 1 saturated heterocycles. The number of rotatable bonds is 9. The molecule has 39 heavy (non-hydrogen) atoms. The Kier molecular flexibility index (Phi) is 8.92. The SMILES string of the molecule is COCCOc1ccc2oc(C(=O)Nc3ccc(Cl)cn3)c(NC(=O)[C@H]3CC[C@H](N4CCOCC4)CC3)c2n1. The van der Waals surface area contributed by atoms with Gasteiger partial charge in [0.1, 0.15) is 23.6 Å². The molecule has 1 aliphatic heterocycles. The topological polar surface area (TPSA) is 128 Å². The summed E-state index contributed by atoms with van der Waals surface area (Å²) in [5.41, 5.74) is 0.873. The van der Waals surface area contributed by atoms with Crippen molar-refractivity contribution < 1.29 is 28.2 Å². The minimum atomic E-state index is -0.573. The van der Waals surface area contributed by atoms with Gasteiger partial charge in [0, 0.05) is 44.4 Å². The van der Waals surface area contributed by atoms with Crippen molar-refractivity contribution in [2.45, 2.75) is 31.7 Å². The molecule has 3 aromatic heterocycles. The summed E-state index contributed by atoms with van der Waals surface area (Å²) in [7, 11) is 1.58. The predicted molar refractivity (Wildman–Crippen MR) is 145 cm³/mol. The second-order valence-electron chi connectivity index (χ2n) is 9.60. The summed E-state index contributed by atoms with van der Waals surface area (Å²) in [4.78, 5) is 37.8. The van der Waals surface area contributed by atoms with Gasteiger partial charge in [0.2, 0.25) is 17.5 Å². The van der Waals surface area contributed by atoms with Gasteiger partial charge in [-0.25, -0.2) is 9.97 Å². The maximum atomic E-state index is 13.4. The summed E-state index contributed by atoms with van der Waals surface area (Å²) < 4.78 is 22.0. The number of aromatic nitrogens is 2. The maximum absolute atomic E-state index is 13.4. The lowest BCUT2D eigenvalue weighted by molar-refractivity contribution is -0.121. The molecule has 1 aliphatic carbocycles. The molecule has 2 fully saturated rings. The summed E-state index contributed by atoms with van der Waals surface area (Å²) in [6, 6.07) is 6.96. The van der Waals surface area contributed by atoms with E-state index in [9.17, 15) is 9.59 Å². The molecule has 2 aliphatic rings. The smallest absolute Gasteiger partial charge is 0.294 e.